The van der Waals surface area contributed by atoms with Crippen LogP contribution < -0.4 is 11.3 Å². The first kappa shape index (κ1) is 14.8. The maximum absolute atomic E-state index is 12.2. The van der Waals surface area contributed by atoms with Crippen LogP contribution >= 0.6 is 0 Å². The standard InChI is InChI=1S/C10H12F2N4O3/c1-15(5-8(11)12)10(17)6-3-2-4-7(16(18)19)9(6)14-13/h2-4,8,14H,5,13H2,1H3. The number of carbonyl (C=O) groups excluding carboxylic acids is 1. The zero-order valence-corrected chi connectivity index (χ0v) is 9.97. The first-order valence-electron chi connectivity index (χ1n) is 5.16. The first-order chi connectivity index (χ1) is 8.88. The van der Waals surface area contributed by atoms with Gasteiger partial charge in [-0.25, -0.2) is 8.78 Å². The van der Waals surface area contributed by atoms with Crippen molar-refractivity contribution in [2.45, 2.75) is 6.43 Å². The number of nitrogens with zero attached hydrogens (tertiary/aromatic N) is 2. The molecule has 0 aliphatic heterocycles. The van der Waals surface area contributed by atoms with Crippen LogP contribution in [0.15, 0.2) is 18.2 Å². The van der Waals surface area contributed by atoms with Crippen molar-refractivity contribution in [1.29, 1.82) is 0 Å². The number of halogens is 2. The van der Waals surface area contributed by atoms with E-state index in [1.165, 1.54) is 19.2 Å². The molecule has 0 unspecified atom stereocenters. The average molecular weight is 274 g/mol. The fraction of sp³-hybridized carbons (Fsp3) is 0.300. The molecule has 0 aromatic heterocycles. The van der Waals surface area contributed by atoms with Crippen LogP contribution in [0.1, 0.15) is 10.4 Å². The summed E-state index contributed by atoms with van der Waals surface area (Å²) in [5.74, 6) is 4.37. The van der Waals surface area contributed by atoms with Crippen LogP contribution in [-0.4, -0.2) is 35.7 Å². The van der Waals surface area contributed by atoms with E-state index in [1.807, 2.05) is 0 Å². The maximum atomic E-state index is 12.2. The maximum Gasteiger partial charge on any atom is 0.294 e. The van der Waals surface area contributed by atoms with Crippen LogP contribution in [0.3, 0.4) is 0 Å². The van der Waals surface area contributed by atoms with Crippen molar-refractivity contribution < 1.29 is 18.5 Å². The Morgan fingerprint density at radius 2 is 2.21 bits per heavy atom. The van der Waals surface area contributed by atoms with Gasteiger partial charge in [-0.1, -0.05) is 6.07 Å². The number of nitrogens with two attached hydrogens (primary N) is 1. The van der Waals surface area contributed by atoms with Gasteiger partial charge in [0, 0.05) is 13.1 Å². The predicted octanol–water partition coefficient (Wildman–Crippen LogP) is 1.22. The van der Waals surface area contributed by atoms with Gasteiger partial charge >= 0.3 is 0 Å². The van der Waals surface area contributed by atoms with E-state index in [-0.39, 0.29) is 11.3 Å². The zero-order valence-electron chi connectivity index (χ0n) is 9.97. The van der Waals surface area contributed by atoms with Crippen molar-refractivity contribution in [2.24, 2.45) is 5.84 Å². The highest BCUT2D eigenvalue weighted by Gasteiger charge is 2.24. The topological polar surface area (TPSA) is 102 Å². The Labute approximate surface area is 107 Å². The molecular weight excluding hydrogens is 262 g/mol. The van der Waals surface area contributed by atoms with Gasteiger partial charge in [0.05, 0.1) is 17.0 Å². The number of alkyl halides is 2. The molecule has 7 nitrogen and oxygen atoms in total. The molecule has 0 bridgehead atoms. The molecule has 0 aliphatic rings. The second kappa shape index (κ2) is 6.05. The van der Waals surface area contributed by atoms with Crippen LogP contribution in [-0.2, 0) is 0 Å². The number of rotatable bonds is 5. The molecule has 1 amide bonds. The van der Waals surface area contributed by atoms with E-state index in [1.54, 1.807) is 0 Å². The van der Waals surface area contributed by atoms with Crippen molar-refractivity contribution in [3.63, 3.8) is 0 Å². The fourth-order valence-corrected chi connectivity index (χ4v) is 1.52. The lowest BCUT2D eigenvalue weighted by Crippen LogP contribution is -2.32. The smallest absolute Gasteiger partial charge is 0.294 e. The third-order valence-corrected chi connectivity index (χ3v) is 2.37. The predicted molar refractivity (Wildman–Crippen MR) is 63.9 cm³/mol. The molecule has 0 aliphatic carbocycles. The Morgan fingerprint density at radius 1 is 1.58 bits per heavy atom. The molecule has 0 saturated heterocycles. The summed E-state index contributed by atoms with van der Waals surface area (Å²) in [5.41, 5.74) is 1.31. The number of carbonyl (C=O) groups is 1. The number of benzene rings is 1. The summed E-state index contributed by atoms with van der Waals surface area (Å²) in [5, 5.41) is 10.8. The van der Waals surface area contributed by atoms with Crippen LogP contribution in [0.2, 0.25) is 0 Å². The third kappa shape index (κ3) is 3.35. The van der Waals surface area contributed by atoms with E-state index in [0.717, 1.165) is 11.0 Å². The molecule has 0 heterocycles. The number of hydrazine groups is 1. The number of para-hydroxylation sites is 1. The Balaban J connectivity index is 3.16. The first-order valence-corrected chi connectivity index (χ1v) is 5.16. The molecular formula is C10H12F2N4O3. The van der Waals surface area contributed by atoms with E-state index in [2.05, 4.69) is 5.43 Å². The van der Waals surface area contributed by atoms with Crippen molar-refractivity contribution in [3.05, 3.63) is 33.9 Å². The molecule has 3 N–H and O–H groups in total. The molecule has 0 radical (unpaired) electrons. The Bertz CT molecular complexity index is 496. The van der Waals surface area contributed by atoms with Gasteiger partial charge < -0.3 is 10.3 Å². The average Bonchev–Trinajstić information content (AvgIpc) is 2.35. The fourth-order valence-electron chi connectivity index (χ4n) is 1.52. The quantitative estimate of drug-likeness (QED) is 0.477. The molecule has 104 valence electrons. The lowest BCUT2D eigenvalue weighted by molar-refractivity contribution is -0.384. The molecule has 1 rings (SSSR count). The summed E-state index contributed by atoms with van der Waals surface area (Å²) in [7, 11) is 1.17. The second-order valence-electron chi connectivity index (χ2n) is 3.68. The lowest BCUT2D eigenvalue weighted by Gasteiger charge is -2.18. The SMILES string of the molecule is CN(CC(F)F)C(=O)c1cccc([N+](=O)[O-])c1NN. The summed E-state index contributed by atoms with van der Waals surface area (Å²) in [6, 6.07) is 3.70. The molecule has 0 saturated carbocycles. The van der Waals surface area contributed by atoms with Gasteiger partial charge in [-0.05, 0) is 6.07 Å². The lowest BCUT2D eigenvalue weighted by atomic mass is 10.1. The largest absolute Gasteiger partial charge is 0.336 e. The van der Waals surface area contributed by atoms with E-state index in [4.69, 9.17) is 5.84 Å². The van der Waals surface area contributed by atoms with Gasteiger partial charge in [0.2, 0.25) is 0 Å². The minimum absolute atomic E-state index is 0.139. The number of hydrogen-bond acceptors (Lipinski definition) is 5. The number of anilines is 1. The Kier molecular flexibility index (Phi) is 4.70. The monoisotopic (exact) mass is 274 g/mol. The highest BCUT2D eigenvalue weighted by atomic mass is 19.3. The van der Waals surface area contributed by atoms with Gasteiger partial charge in [-0.2, -0.15) is 0 Å². The molecule has 0 fully saturated rings. The van der Waals surface area contributed by atoms with Gasteiger partial charge in [0.1, 0.15) is 5.69 Å². The number of nitrogens with one attached hydrogen (secondary N) is 1. The Hall–Kier alpha value is -2.29. The van der Waals surface area contributed by atoms with Gasteiger partial charge in [0.25, 0.3) is 18.0 Å². The highest BCUT2D eigenvalue weighted by molar-refractivity contribution is 6.01. The van der Waals surface area contributed by atoms with E-state index >= 15 is 0 Å². The number of nitrogen functional groups attached to an aromatic ring is 1. The Morgan fingerprint density at radius 3 is 2.68 bits per heavy atom. The molecule has 0 spiro atoms. The van der Waals surface area contributed by atoms with Gasteiger partial charge in [-0.3, -0.25) is 20.8 Å². The van der Waals surface area contributed by atoms with Crippen molar-refractivity contribution >= 4 is 17.3 Å². The van der Waals surface area contributed by atoms with Crippen molar-refractivity contribution in [3.8, 4) is 0 Å². The summed E-state index contributed by atoms with van der Waals surface area (Å²) in [6.07, 6.45) is -2.69. The minimum atomic E-state index is -2.69. The molecule has 19 heavy (non-hydrogen) atoms. The molecule has 1 aromatic carbocycles. The van der Waals surface area contributed by atoms with E-state index in [9.17, 15) is 23.7 Å². The van der Waals surface area contributed by atoms with Crippen LogP contribution in [0.4, 0.5) is 20.2 Å². The molecule has 9 heteroatoms. The van der Waals surface area contributed by atoms with Gasteiger partial charge in [-0.15, -0.1) is 0 Å². The number of amides is 1. The number of hydrogen-bond donors (Lipinski definition) is 2. The van der Waals surface area contributed by atoms with Crippen LogP contribution in [0, 0.1) is 10.1 Å². The summed E-state index contributed by atoms with van der Waals surface area (Å²) >= 11 is 0. The van der Waals surface area contributed by atoms with Crippen LogP contribution in [0.25, 0.3) is 0 Å². The highest BCUT2D eigenvalue weighted by Crippen LogP contribution is 2.28. The summed E-state index contributed by atoms with van der Waals surface area (Å²) < 4.78 is 24.4. The normalized spacial score (nSPS) is 10.4. The van der Waals surface area contributed by atoms with Crippen molar-refractivity contribution in [2.75, 3.05) is 19.0 Å². The van der Waals surface area contributed by atoms with E-state index in [0.29, 0.717) is 0 Å². The number of nitro benzene ring substituents is 1. The molecule has 0 atom stereocenters. The second-order valence-corrected chi connectivity index (χ2v) is 3.68. The summed E-state index contributed by atoms with van der Waals surface area (Å²) in [4.78, 5) is 22.7. The zero-order chi connectivity index (χ0) is 14.6. The van der Waals surface area contributed by atoms with Gasteiger partial charge in [0.15, 0.2) is 0 Å². The van der Waals surface area contributed by atoms with E-state index < -0.39 is 29.5 Å². The van der Waals surface area contributed by atoms with Crippen molar-refractivity contribution in [1.82, 2.24) is 4.90 Å². The molecule has 1 aromatic rings. The van der Waals surface area contributed by atoms with Crippen LogP contribution in [0.5, 0.6) is 0 Å². The third-order valence-electron chi connectivity index (χ3n) is 2.37. The summed E-state index contributed by atoms with van der Waals surface area (Å²) in [6.45, 7) is -0.772. The number of nitro groups is 1. The minimum Gasteiger partial charge on any atom is -0.336 e.